The maximum absolute atomic E-state index is 14.8. The third-order valence-electron chi connectivity index (χ3n) is 6.63. The minimum absolute atomic E-state index is 0.0711. The highest BCUT2D eigenvalue weighted by Crippen LogP contribution is 2.42. The third-order valence-corrected chi connectivity index (χ3v) is 7.24. The van der Waals surface area contributed by atoms with Gasteiger partial charge >= 0.3 is 0 Å². The van der Waals surface area contributed by atoms with Gasteiger partial charge in [-0.2, -0.15) is 8.78 Å². The molecular weight excluding hydrogens is 625 g/mol. The molecule has 43 heavy (non-hydrogen) atoms. The van der Waals surface area contributed by atoms with Crippen molar-refractivity contribution in [3.8, 4) is 34.1 Å². The quantitative estimate of drug-likeness (QED) is 0.183. The number of rotatable bonds is 9. The Morgan fingerprint density at radius 1 is 0.930 bits per heavy atom. The molecule has 1 atom stereocenters. The largest absolute Gasteiger partial charge is 0.497 e. The number of aryl methyl sites for hydroxylation is 1. The van der Waals surface area contributed by atoms with Crippen molar-refractivity contribution in [3.63, 3.8) is 0 Å². The van der Waals surface area contributed by atoms with Gasteiger partial charge in [-0.1, -0.05) is 26.0 Å². The van der Waals surface area contributed by atoms with Crippen LogP contribution in [0, 0.1) is 30.3 Å². The molecule has 1 aliphatic rings. The second-order valence-electron chi connectivity index (χ2n) is 10.5. The van der Waals surface area contributed by atoms with E-state index < -0.39 is 17.5 Å². The molecule has 0 saturated carbocycles. The van der Waals surface area contributed by atoms with Crippen molar-refractivity contribution < 1.29 is 32.1 Å². The Kier molecular flexibility index (Phi) is 10.9. The van der Waals surface area contributed by atoms with E-state index in [1.165, 1.54) is 12.1 Å². The summed E-state index contributed by atoms with van der Waals surface area (Å²) in [6, 6.07) is 15.2. The molecule has 3 aromatic carbocycles. The van der Waals surface area contributed by atoms with E-state index in [1.807, 2.05) is 19.1 Å². The molecule has 2 N–H and O–H groups in total. The van der Waals surface area contributed by atoms with E-state index in [0.29, 0.717) is 12.5 Å². The molecule has 0 bridgehead atoms. The zero-order valence-corrected chi connectivity index (χ0v) is 26.0. The van der Waals surface area contributed by atoms with Crippen molar-refractivity contribution in [1.82, 2.24) is 4.98 Å². The standard InChI is InChI=1S/C19H23FN2O2.C14H11BrF2O2/c1-11(2)6-14(21)10-23-17-5-4-15-16-7-12(3)22-8-13(16)9-24-19(15)18(17)20;1-18-10-4-2-9(3-5-10)8-19-12-7-6-11(15)13(16)14(12)17/h4-5,7-8,11,14H,6,9-10,21H2,1-3H3;2-7H,8H2,1H3/t14-;/m0./s1. The number of hydrogen-bond donors (Lipinski definition) is 1. The summed E-state index contributed by atoms with van der Waals surface area (Å²) in [5, 5.41) is 0. The lowest BCUT2D eigenvalue weighted by Gasteiger charge is -2.23. The van der Waals surface area contributed by atoms with Gasteiger partial charge in [0.2, 0.25) is 11.6 Å². The summed E-state index contributed by atoms with van der Waals surface area (Å²) < 4.78 is 63.1. The number of halogens is 4. The van der Waals surface area contributed by atoms with Crippen molar-refractivity contribution in [2.45, 2.75) is 46.4 Å². The highest BCUT2D eigenvalue weighted by atomic mass is 79.9. The van der Waals surface area contributed by atoms with Gasteiger partial charge in [0.25, 0.3) is 0 Å². The molecular formula is C33H34BrF3N2O4. The van der Waals surface area contributed by atoms with Gasteiger partial charge in [-0.05, 0) is 88.8 Å². The highest BCUT2D eigenvalue weighted by molar-refractivity contribution is 9.10. The van der Waals surface area contributed by atoms with Gasteiger partial charge in [-0.15, -0.1) is 0 Å². The number of pyridine rings is 1. The Morgan fingerprint density at radius 3 is 2.33 bits per heavy atom. The summed E-state index contributed by atoms with van der Waals surface area (Å²) in [4.78, 5) is 4.27. The molecule has 6 nitrogen and oxygen atoms in total. The van der Waals surface area contributed by atoms with E-state index in [0.717, 1.165) is 40.1 Å². The van der Waals surface area contributed by atoms with Gasteiger partial charge in [0.1, 0.15) is 25.6 Å². The number of aromatic nitrogens is 1. The Morgan fingerprint density at radius 2 is 1.63 bits per heavy atom. The van der Waals surface area contributed by atoms with Gasteiger partial charge in [-0.3, -0.25) is 4.98 Å². The van der Waals surface area contributed by atoms with Gasteiger partial charge in [-0.25, -0.2) is 4.39 Å². The molecule has 228 valence electrons. The zero-order valence-electron chi connectivity index (χ0n) is 24.4. The Labute approximate surface area is 258 Å². The van der Waals surface area contributed by atoms with E-state index in [1.54, 1.807) is 43.6 Å². The molecule has 2 heterocycles. The number of nitrogens with zero attached hydrogens (tertiary/aromatic N) is 1. The Hall–Kier alpha value is -3.76. The van der Waals surface area contributed by atoms with Crippen molar-refractivity contribution in [2.75, 3.05) is 13.7 Å². The summed E-state index contributed by atoms with van der Waals surface area (Å²) in [5.41, 5.74) is 10.4. The minimum atomic E-state index is -0.997. The van der Waals surface area contributed by atoms with Gasteiger partial charge in [0.05, 0.1) is 11.6 Å². The maximum atomic E-state index is 14.8. The predicted octanol–water partition coefficient (Wildman–Crippen LogP) is 8.16. The molecule has 1 aromatic heterocycles. The average molecular weight is 660 g/mol. The van der Waals surface area contributed by atoms with Crippen LogP contribution < -0.4 is 24.7 Å². The van der Waals surface area contributed by atoms with Crippen molar-refractivity contribution in [3.05, 3.63) is 99.5 Å². The first-order valence-electron chi connectivity index (χ1n) is 13.8. The van der Waals surface area contributed by atoms with Crippen LogP contribution >= 0.6 is 15.9 Å². The fraction of sp³-hybridized carbons (Fsp3) is 0.303. The van der Waals surface area contributed by atoms with Gasteiger partial charge in [0.15, 0.2) is 23.1 Å². The molecule has 0 unspecified atom stereocenters. The van der Waals surface area contributed by atoms with Crippen molar-refractivity contribution in [2.24, 2.45) is 11.7 Å². The molecule has 0 amide bonds. The molecule has 0 radical (unpaired) electrons. The van der Waals surface area contributed by atoms with Crippen molar-refractivity contribution >= 4 is 15.9 Å². The molecule has 5 rings (SSSR count). The van der Waals surface area contributed by atoms with Crippen LogP contribution in [0.1, 0.15) is 37.1 Å². The third kappa shape index (κ3) is 8.20. The smallest absolute Gasteiger partial charge is 0.207 e. The van der Waals surface area contributed by atoms with Crippen LogP contribution in [0.4, 0.5) is 13.2 Å². The topological polar surface area (TPSA) is 75.8 Å². The van der Waals surface area contributed by atoms with Crippen LogP contribution in [0.25, 0.3) is 11.1 Å². The fourth-order valence-corrected chi connectivity index (χ4v) is 4.79. The van der Waals surface area contributed by atoms with Crippen molar-refractivity contribution in [1.29, 1.82) is 0 Å². The lowest BCUT2D eigenvalue weighted by atomic mass is 9.97. The van der Waals surface area contributed by atoms with Crippen LogP contribution in [-0.2, 0) is 13.2 Å². The SMILES string of the molecule is COc1ccc(COc2ccc(Br)c(F)c2F)cc1.Cc1cc2c(cn1)COc1c-2ccc(OC[C@@H](N)CC(C)C)c1F. The first-order valence-corrected chi connectivity index (χ1v) is 14.6. The molecule has 10 heteroatoms. The first kappa shape index (κ1) is 32.2. The van der Waals surface area contributed by atoms with E-state index in [2.05, 4.69) is 34.8 Å². The number of fused-ring (bicyclic) bond motifs is 3. The van der Waals surface area contributed by atoms with E-state index in [9.17, 15) is 13.2 Å². The molecule has 0 spiro atoms. The summed E-state index contributed by atoms with van der Waals surface area (Å²) in [6.07, 6.45) is 2.61. The summed E-state index contributed by atoms with van der Waals surface area (Å²) in [5.74, 6) is -0.903. The zero-order chi connectivity index (χ0) is 31.1. The predicted molar refractivity (Wildman–Crippen MR) is 163 cm³/mol. The first-order chi connectivity index (χ1) is 20.6. The number of benzene rings is 3. The second kappa shape index (κ2) is 14.6. The summed E-state index contributed by atoms with van der Waals surface area (Å²) in [7, 11) is 1.57. The number of nitrogens with two attached hydrogens (primary N) is 1. The van der Waals surface area contributed by atoms with Crippen LogP contribution in [0.2, 0.25) is 0 Å². The van der Waals surface area contributed by atoms with E-state index in [4.69, 9.17) is 24.7 Å². The lowest BCUT2D eigenvalue weighted by molar-refractivity contribution is 0.246. The van der Waals surface area contributed by atoms with Crippen LogP contribution in [-0.4, -0.2) is 24.7 Å². The second-order valence-corrected chi connectivity index (χ2v) is 11.4. The van der Waals surface area contributed by atoms with Crippen LogP contribution in [0.5, 0.6) is 23.0 Å². The van der Waals surface area contributed by atoms with Gasteiger partial charge in [0, 0.05) is 29.1 Å². The molecule has 4 aromatic rings. The van der Waals surface area contributed by atoms with Gasteiger partial charge < -0.3 is 24.7 Å². The Balaban J connectivity index is 0.000000203. The molecule has 0 aliphatic carbocycles. The van der Waals surface area contributed by atoms with Crippen LogP contribution in [0.3, 0.4) is 0 Å². The fourth-order valence-electron chi connectivity index (χ4n) is 4.48. The lowest BCUT2D eigenvalue weighted by Crippen LogP contribution is -2.29. The monoisotopic (exact) mass is 658 g/mol. The number of methoxy groups -OCH3 is 1. The Bertz CT molecular complexity index is 1550. The minimum Gasteiger partial charge on any atom is -0.497 e. The summed E-state index contributed by atoms with van der Waals surface area (Å²) >= 11 is 2.91. The molecule has 0 fully saturated rings. The number of hydrogen-bond acceptors (Lipinski definition) is 6. The molecule has 0 saturated heterocycles. The summed E-state index contributed by atoms with van der Waals surface area (Å²) in [6.45, 7) is 6.86. The average Bonchev–Trinajstić information content (AvgIpc) is 2.99. The van der Waals surface area contributed by atoms with E-state index in [-0.39, 0.29) is 41.0 Å². The maximum Gasteiger partial charge on any atom is 0.207 e. The molecule has 1 aliphatic heterocycles. The normalized spacial score (nSPS) is 12.3. The van der Waals surface area contributed by atoms with Crippen LogP contribution in [0.15, 0.2) is 65.3 Å². The van der Waals surface area contributed by atoms with E-state index >= 15 is 0 Å². The number of ether oxygens (including phenoxy) is 4. The highest BCUT2D eigenvalue weighted by Gasteiger charge is 2.24.